The normalized spacial score (nSPS) is 12.6. The quantitative estimate of drug-likeness (QED) is 0.643. The lowest BCUT2D eigenvalue weighted by Crippen LogP contribution is -2.24. The number of aliphatic hydroxyl groups excluding tert-OH is 1. The summed E-state index contributed by atoms with van der Waals surface area (Å²) in [4.78, 5) is 21.7. The first kappa shape index (κ1) is 16.8. The van der Waals surface area contributed by atoms with E-state index in [9.17, 15) is 9.90 Å². The summed E-state index contributed by atoms with van der Waals surface area (Å²) in [6, 6.07) is 9.99. The molecule has 126 valence electrons. The Hall–Kier alpha value is -2.02. The second kappa shape index (κ2) is 7.25. The molecule has 5 nitrogen and oxygen atoms in total. The third-order valence-corrected chi connectivity index (χ3v) is 5.32. The van der Waals surface area contributed by atoms with Crippen LogP contribution in [0.15, 0.2) is 35.1 Å². The van der Waals surface area contributed by atoms with Crippen LogP contribution in [0.4, 0.5) is 0 Å². The summed E-state index contributed by atoms with van der Waals surface area (Å²) in [5.41, 5.74) is 2.03. The van der Waals surface area contributed by atoms with Crippen LogP contribution in [0.5, 0.6) is 0 Å². The maximum Gasteiger partial charge on any atom is 0.259 e. The Morgan fingerprint density at radius 1 is 1.29 bits per heavy atom. The highest BCUT2D eigenvalue weighted by Crippen LogP contribution is 2.25. The van der Waals surface area contributed by atoms with Gasteiger partial charge in [0, 0.05) is 17.5 Å². The van der Waals surface area contributed by atoms with E-state index in [4.69, 9.17) is 0 Å². The van der Waals surface area contributed by atoms with Crippen LogP contribution >= 0.6 is 11.3 Å². The lowest BCUT2D eigenvalue weighted by molar-refractivity contribution is 0.264. The number of benzene rings is 1. The lowest BCUT2D eigenvalue weighted by atomic mass is 10.0. The van der Waals surface area contributed by atoms with E-state index in [1.807, 2.05) is 44.2 Å². The largest absolute Gasteiger partial charge is 0.396 e. The molecule has 0 aliphatic rings. The molecule has 0 aliphatic heterocycles. The highest BCUT2D eigenvalue weighted by atomic mass is 32.1. The van der Waals surface area contributed by atoms with Gasteiger partial charge in [0.1, 0.15) is 10.7 Å². The molecule has 0 spiro atoms. The summed E-state index contributed by atoms with van der Waals surface area (Å²) >= 11 is 1.55. The minimum atomic E-state index is -0.0860. The van der Waals surface area contributed by atoms with Crippen LogP contribution in [0.25, 0.3) is 10.2 Å². The van der Waals surface area contributed by atoms with Gasteiger partial charge < -0.3 is 15.4 Å². The zero-order valence-corrected chi connectivity index (χ0v) is 14.6. The molecule has 2 heterocycles. The van der Waals surface area contributed by atoms with Gasteiger partial charge in [0.2, 0.25) is 0 Å². The minimum Gasteiger partial charge on any atom is -0.396 e. The molecule has 0 saturated carbocycles. The fourth-order valence-corrected chi connectivity index (χ4v) is 3.85. The summed E-state index contributed by atoms with van der Waals surface area (Å²) in [6.07, 6.45) is 0.605. The van der Waals surface area contributed by atoms with Gasteiger partial charge in [-0.2, -0.15) is 0 Å². The number of hydrogen-bond donors (Lipinski definition) is 3. The predicted molar refractivity (Wildman–Crippen MR) is 97.4 cm³/mol. The Bertz CT molecular complexity index is 886. The molecule has 2 aromatic heterocycles. The molecular formula is C18H21N3O2S. The smallest absolute Gasteiger partial charge is 0.259 e. The maximum absolute atomic E-state index is 12.3. The molecule has 1 atom stereocenters. The molecule has 1 unspecified atom stereocenters. The Labute approximate surface area is 144 Å². The monoisotopic (exact) mass is 343 g/mol. The maximum atomic E-state index is 12.3. The van der Waals surface area contributed by atoms with Crippen molar-refractivity contribution in [3.63, 3.8) is 0 Å². The molecule has 0 bridgehead atoms. The number of rotatable bonds is 6. The number of aryl methyl sites for hydroxylation is 2. The third kappa shape index (κ3) is 3.40. The standard InChI is InChI=1S/C18H21N3O2S/c1-11-12(2)24-18-16(11)17(23)20-15(21-18)10-19-14(8-9-22)13-6-4-3-5-7-13/h3-7,14,19,22H,8-10H2,1-2H3,(H,20,21,23). The SMILES string of the molecule is Cc1sc2nc(CNC(CCO)c3ccccc3)[nH]c(=O)c2c1C. The van der Waals surface area contributed by atoms with Gasteiger partial charge in [0.25, 0.3) is 5.56 Å². The van der Waals surface area contributed by atoms with Gasteiger partial charge in [0.15, 0.2) is 0 Å². The number of aromatic nitrogens is 2. The van der Waals surface area contributed by atoms with E-state index in [0.29, 0.717) is 24.2 Å². The first-order chi connectivity index (χ1) is 11.6. The second-order valence-electron chi connectivity index (χ2n) is 5.83. The van der Waals surface area contributed by atoms with E-state index >= 15 is 0 Å². The van der Waals surface area contributed by atoms with Crippen LogP contribution in [0.1, 0.15) is 34.3 Å². The molecule has 6 heteroatoms. The first-order valence-corrected chi connectivity index (χ1v) is 8.80. The van der Waals surface area contributed by atoms with Crippen LogP contribution in [-0.4, -0.2) is 21.7 Å². The Morgan fingerprint density at radius 3 is 2.75 bits per heavy atom. The van der Waals surface area contributed by atoms with Crippen molar-refractivity contribution < 1.29 is 5.11 Å². The average molecular weight is 343 g/mol. The molecular weight excluding hydrogens is 322 g/mol. The summed E-state index contributed by atoms with van der Waals surface area (Å²) in [5.74, 6) is 0.618. The van der Waals surface area contributed by atoms with Crippen molar-refractivity contribution in [1.82, 2.24) is 15.3 Å². The van der Waals surface area contributed by atoms with Crippen molar-refractivity contribution in [3.05, 3.63) is 62.5 Å². The number of fused-ring (bicyclic) bond motifs is 1. The Balaban J connectivity index is 1.82. The van der Waals surface area contributed by atoms with Crippen LogP contribution < -0.4 is 10.9 Å². The number of aliphatic hydroxyl groups is 1. The van der Waals surface area contributed by atoms with Crippen LogP contribution in [0.3, 0.4) is 0 Å². The highest BCUT2D eigenvalue weighted by molar-refractivity contribution is 7.18. The summed E-state index contributed by atoms with van der Waals surface area (Å²) < 4.78 is 0. The molecule has 0 fully saturated rings. The van der Waals surface area contributed by atoms with Gasteiger partial charge >= 0.3 is 0 Å². The first-order valence-electron chi connectivity index (χ1n) is 7.98. The lowest BCUT2D eigenvalue weighted by Gasteiger charge is -2.18. The molecule has 3 N–H and O–H groups in total. The predicted octanol–water partition coefficient (Wildman–Crippen LogP) is 2.81. The minimum absolute atomic E-state index is 0.0176. The molecule has 1 aromatic carbocycles. The zero-order chi connectivity index (χ0) is 17.1. The van der Waals surface area contributed by atoms with E-state index in [1.54, 1.807) is 11.3 Å². The number of nitrogens with one attached hydrogen (secondary N) is 2. The van der Waals surface area contributed by atoms with E-state index in [0.717, 1.165) is 20.8 Å². The van der Waals surface area contributed by atoms with Gasteiger partial charge in [-0.15, -0.1) is 11.3 Å². The van der Waals surface area contributed by atoms with Crippen molar-refractivity contribution in [2.75, 3.05) is 6.61 Å². The Kier molecular flexibility index (Phi) is 5.08. The van der Waals surface area contributed by atoms with E-state index < -0.39 is 0 Å². The molecule has 0 radical (unpaired) electrons. The van der Waals surface area contributed by atoms with Crippen molar-refractivity contribution >= 4 is 21.6 Å². The molecule has 3 rings (SSSR count). The molecule has 0 amide bonds. The van der Waals surface area contributed by atoms with Gasteiger partial charge in [-0.25, -0.2) is 4.98 Å². The van der Waals surface area contributed by atoms with Crippen molar-refractivity contribution in [1.29, 1.82) is 0 Å². The molecule has 3 aromatic rings. The van der Waals surface area contributed by atoms with Gasteiger partial charge in [-0.1, -0.05) is 30.3 Å². The van der Waals surface area contributed by atoms with Gasteiger partial charge in [-0.3, -0.25) is 4.79 Å². The summed E-state index contributed by atoms with van der Waals surface area (Å²) in [5, 5.41) is 13.4. The van der Waals surface area contributed by atoms with Gasteiger partial charge in [-0.05, 0) is 31.4 Å². The average Bonchev–Trinajstić information content (AvgIpc) is 2.87. The second-order valence-corrected chi connectivity index (χ2v) is 7.04. The van der Waals surface area contributed by atoms with Crippen LogP contribution in [0, 0.1) is 13.8 Å². The van der Waals surface area contributed by atoms with Crippen molar-refractivity contribution in [2.45, 2.75) is 32.9 Å². The molecule has 0 saturated heterocycles. The number of aromatic amines is 1. The van der Waals surface area contributed by atoms with E-state index in [1.165, 1.54) is 0 Å². The van der Waals surface area contributed by atoms with Crippen LogP contribution in [-0.2, 0) is 6.54 Å². The number of H-pyrrole nitrogens is 1. The Morgan fingerprint density at radius 2 is 2.04 bits per heavy atom. The highest BCUT2D eigenvalue weighted by Gasteiger charge is 2.14. The molecule has 24 heavy (non-hydrogen) atoms. The number of nitrogens with zero attached hydrogens (tertiary/aromatic N) is 1. The number of hydrogen-bond acceptors (Lipinski definition) is 5. The van der Waals surface area contributed by atoms with Crippen molar-refractivity contribution in [3.8, 4) is 0 Å². The van der Waals surface area contributed by atoms with E-state index in [-0.39, 0.29) is 18.2 Å². The van der Waals surface area contributed by atoms with Gasteiger partial charge in [0.05, 0.1) is 11.9 Å². The fourth-order valence-electron chi connectivity index (χ4n) is 2.80. The fraction of sp³-hybridized carbons (Fsp3) is 0.333. The topological polar surface area (TPSA) is 78.0 Å². The van der Waals surface area contributed by atoms with Crippen molar-refractivity contribution in [2.24, 2.45) is 0 Å². The zero-order valence-electron chi connectivity index (χ0n) is 13.8. The third-order valence-electron chi connectivity index (χ3n) is 4.22. The summed E-state index contributed by atoms with van der Waals surface area (Å²) in [7, 11) is 0. The van der Waals surface area contributed by atoms with Crippen LogP contribution in [0.2, 0.25) is 0 Å². The summed E-state index contributed by atoms with van der Waals surface area (Å²) in [6.45, 7) is 4.50. The van der Waals surface area contributed by atoms with E-state index in [2.05, 4.69) is 15.3 Å². The molecule has 0 aliphatic carbocycles. The number of thiophene rings is 1.